The fourth-order valence-corrected chi connectivity index (χ4v) is 5.22. The van der Waals surface area contributed by atoms with Gasteiger partial charge in [0.2, 0.25) is 0 Å². The van der Waals surface area contributed by atoms with Crippen LogP contribution >= 0.6 is 23.2 Å². The summed E-state index contributed by atoms with van der Waals surface area (Å²) in [5.74, 6) is -1.58. The minimum atomic E-state index is -4.71. The fraction of sp³-hybridized carbons (Fsp3) is 0.310. The summed E-state index contributed by atoms with van der Waals surface area (Å²) in [6, 6.07) is 14.9. The number of carbonyl (C=O) groups is 2. The lowest BCUT2D eigenvalue weighted by molar-refractivity contribution is -0.138. The molecular weight excluding hydrogens is 566 g/mol. The summed E-state index contributed by atoms with van der Waals surface area (Å²) >= 11 is 12.4. The zero-order valence-electron chi connectivity index (χ0n) is 22.3. The Labute approximate surface area is 240 Å². The first-order valence-corrected chi connectivity index (χ1v) is 13.1. The first-order chi connectivity index (χ1) is 18.8. The van der Waals surface area contributed by atoms with Crippen LogP contribution in [0.2, 0.25) is 10.0 Å². The number of alkyl halides is 3. The van der Waals surface area contributed by atoms with Crippen molar-refractivity contribution in [3.05, 3.63) is 93.0 Å². The summed E-state index contributed by atoms with van der Waals surface area (Å²) in [4.78, 5) is 31.9. The summed E-state index contributed by atoms with van der Waals surface area (Å²) in [6.45, 7) is 0.439. The lowest BCUT2D eigenvalue weighted by Gasteiger charge is -2.29. The number of carbonyl (C=O) groups excluding carboxylic acids is 2. The second kappa shape index (κ2) is 11.6. The molecule has 0 bridgehead atoms. The van der Waals surface area contributed by atoms with Gasteiger partial charge in [-0.2, -0.15) is 13.2 Å². The molecular formula is C29H28Cl2F3N3O3. The van der Waals surface area contributed by atoms with Crippen LogP contribution in [0.4, 0.5) is 18.9 Å². The van der Waals surface area contributed by atoms with Crippen molar-refractivity contribution < 1.29 is 27.5 Å². The van der Waals surface area contributed by atoms with Gasteiger partial charge in [0.15, 0.2) is 0 Å². The van der Waals surface area contributed by atoms with Gasteiger partial charge in [-0.25, -0.2) is 0 Å². The monoisotopic (exact) mass is 593 g/mol. The van der Waals surface area contributed by atoms with E-state index in [1.165, 1.54) is 18.0 Å². The maximum atomic E-state index is 13.6. The van der Waals surface area contributed by atoms with E-state index < -0.39 is 23.7 Å². The molecule has 3 aromatic rings. The van der Waals surface area contributed by atoms with Crippen molar-refractivity contribution in [2.75, 3.05) is 46.2 Å². The molecule has 0 N–H and O–H groups in total. The molecule has 0 saturated carbocycles. The molecule has 3 aromatic carbocycles. The van der Waals surface area contributed by atoms with E-state index in [-0.39, 0.29) is 36.2 Å². The van der Waals surface area contributed by atoms with Crippen LogP contribution in [0.3, 0.4) is 0 Å². The number of methoxy groups -OCH3 is 1. The van der Waals surface area contributed by atoms with Crippen LogP contribution in [0, 0.1) is 0 Å². The first-order valence-electron chi connectivity index (χ1n) is 12.4. The minimum absolute atomic E-state index is 0.146. The zero-order valence-corrected chi connectivity index (χ0v) is 23.8. The Morgan fingerprint density at radius 3 is 2.12 bits per heavy atom. The summed E-state index contributed by atoms with van der Waals surface area (Å²) in [5, 5.41) is 0.678. The highest BCUT2D eigenvalue weighted by molar-refractivity contribution is 6.42. The molecule has 1 aliphatic heterocycles. The van der Waals surface area contributed by atoms with E-state index in [2.05, 4.69) is 0 Å². The highest BCUT2D eigenvalue weighted by atomic mass is 35.5. The van der Waals surface area contributed by atoms with E-state index in [4.69, 9.17) is 27.9 Å². The van der Waals surface area contributed by atoms with Gasteiger partial charge in [0.25, 0.3) is 11.8 Å². The van der Waals surface area contributed by atoms with Crippen molar-refractivity contribution in [3.8, 4) is 5.75 Å². The van der Waals surface area contributed by atoms with E-state index in [1.54, 1.807) is 35.2 Å². The van der Waals surface area contributed by atoms with Crippen molar-refractivity contribution in [3.63, 3.8) is 0 Å². The third kappa shape index (κ3) is 6.00. The molecule has 2 amide bonds. The number of nitrogens with zero attached hydrogens (tertiary/aromatic N) is 3. The van der Waals surface area contributed by atoms with Gasteiger partial charge in [0.1, 0.15) is 5.75 Å². The van der Waals surface area contributed by atoms with E-state index >= 15 is 0 Å². The Balaban J connectivity index is 1.67. The molecule has 212 valence electrons. The van der Waals surface area contributed by atoms with Crippen molar-refractivity contribution in [2.24, 2.45) is 0 Å². The predicted molar refractivity (Wildman–Crippen MR) is 150 cm³/mol. The fourth-order valence-electron chi connectivity index (χ4n) is 4.92. The zero-order chi connectivity index (χ0) is 29.4. The highest BCUT2D eigenvalue weighted by Gasteiger charge is 2.41. The molecule has 0 aliphatic carbocycles. The Hall–Kier alpha value is -3.43. The maximum absolute atomic E-state index is 13.6. The summed E-state index contributed by atoms with van der Waals surface area (Å²) in [7, 11) is 6.46. The summed E-state index contributed by atoms with van der Waals surface area (Å²) in [6.07, 6.45) is -4.71. The number of likely N-dealkylation sites (N-methyl/N-ethyl adjacent to an activating group) is 1. The summed E-state index contributed by atoms with van der Waals surface area (Å²) < 4.78 is 45.7. The van der Waals surface area contributed by atoms with E-state index in [1.807, 2.05) is 31.1 Å². The van der Waals surface area contributed by atoms with E-state index in [9.17, 15) is 22.8 Å². The molecule has 0 radical (unpaired) electrons. The van der Waals surface area contributed by atoms with Crippen molar-refractivity contribution >= 4 is 40.7 Å². The third-order valence-electron chi connectivity index (χ3n) is 7.15. The van der Waals surface area contributed by atoms with Crippen LogP contribution in [0.1, 0.15) is 37.8 Å². The van der Waals surface area contributed by atoms with Crippen LogP contribution in [0.5, 0.6) is 5.75 Å². The van der Waals surface area contributed by atoms with Gasteiger partial charge >= 0.3 is 6.18 Å². The Morgan fingerprint density at radius 1 is 0.900 bits per heavy atom. The number of ether oxygens (including phenoxy) is 1. The molecule has 1 aliphatic rings. The van der Waals surface area contributed by atoms with Crippen LogP contribution in [0.25, 0.3) is 0 Å². The lowest BCUT2D eigenvalue weighted by Crippen LogP contribution is -2.42. The number of amides is 2. The Bertz CT molecular complexity index is 1410. The molecule has 4 rings (SSSR count). The standard InChI is InChI=1S/C29H28Cl2F3N3O3/c1-35(2)20-9-5-17(6-10-20)28(39)37-15-21(18-7-11-23(30)24(31)14-18)25(16-37)36(3)27(38)19-8-12-26(40-4)22(13-19)29(32,33)34/h5-14,21,25H,15-16H2,1-4H3/t21-,25+/m0/s1. The molecule has 0 aromatic heterocycles. The van der Waals surface area contributed by atoms with Crippen LogP contribution in [-0.2, 0) is 6.18 Å². The van der Waals surface area contributed by atoms with Crippen molar-refractivity contribution in [1.29, 1.82) is 0 Å². The Morgan fingerprint density at radius 2 is 1.55 bits per heavy atom. The smallest absolute Gasteiger partial charge is 0.419 e. The number of benzene rings is 3. The van der Waals surface area contributed by atoms with Crippen LogP contribution in [-0.4, -0.2) is 69.0 Å². The van der Waals surface area contributed by atoms with Gasteiger partial charge in [-0.05, 0) is 60.2 Å². The van der Waals surface area contributed by atoms with Gasteiger partial charge in [-0.3, -0.25) is 9.59 Å². The van der Waals surface area contributed by atoms with Gasteiger partial charge in [-0.1, -0.05) is 29.3 Å². The number of hydrogen-bond acceptors (Lipinski definition) is 4. The molecule has 2 atom stereocenters. The molecule has 1 saturated heterocycles. The van der Waals surface area contributed by atoms with Crippen LogP contribution < -0.4 is 9.64 Å². The number of hydrogen-bond donors (Lipinski definition) is 0. The molecule has 1 heterocycles. The van der Waals surface area contributed by atoms with Gasteiger partial charge in [-0.15, -0.1) is 0 Å². The topological polar surface area (TPSA) is 53.1 Å². The molecule has 40 heavy (non-hydrogen) atoms. The molecule has 11 heteroatoms. The first kappa shape index (κ1) is 29.6. The second-order valence-corrected chi connectivity index (χ2v) is 10.6. The molecule has 6 nitrogen and oxygen atoms in total. The number of rotatable bonds is 6. The number of likely N-dealkylation sites (tertiary alicyclic amines) is 1. The number of halogens is 5. The average Bonchev–Trinajstić information content (AvgIpc) is 3.38. The Kier molecular flexibility index (Phi) is 8.56. The van der Waals surface area contributed by atoms with Crippen LogP contribution in [0.15, 0.2) is 60.7 Å². The minimum Gasteiger partial charge on any atom is -0.496 e. The largest absolute Gasteiger partial charge is 0.496 e. The van der Waals surface area contributed by atoms with Gasteiger partial charge in [0.05, 0.1) is 28.8 Å². The maximum Gasteiger partial charge on any atom is 0.419 e. The summed E-state index contributed by atoms with van der Waals surface area (Å²) in [5.41, 5.74) is 0.987. The number of anilines is 1. The third-order valence-corrected chi connectivity index (χ3v) is 7.89. The predicted octanol–water partition coefficient (Wildman–Crippen LogP) is 6.47. The van der Waals surface area contributed by atoms with E-state index in [0.29, 0.717) is 15.6 Å². The molecule has 1 fully saturated rings. The lowest BCUT2D eigenvalue weighted by atomic mass is 9.93. The SMILES string of the molecule is COc1ccc(C(=O)N(C)[C@@H]2CN(C(=O)c3ccc(N(C)C)cc3)C[C@H]2c2ccc(Cl)c(Cl)c2)cc1C(F)(F)F. The van der Waals surface area contributed by atoms with Crippen molar-refractivity contribution in [2.45, 2.75) is 18.1 Å². The van der Waals surface area contributed by atoms with Gasteiger partial charge in [0, 0.05) is 57.0 Å². The quantitative estimate of drug-likeness (QED) is 0.329. The highest BCUT2D eigenvalue weighted by Crippen LogP contribution is 2.38. The van der Waals surface area contributed by atoms with E-state index in [0.717, 1.165) is 30.5 Å². The second-order valence-electron chi connectivity index (χ2n) is 9.83. The van der Waals surface area contributed by atoms with Crippen molar-refractivity contribution in [1.82, 2.24) is 9.80 Å². The van der Waals surface area contributed by atoms with Gasteiger partial charge < -0.3 is 19.4 Å². The normalized spacial score (nSPS) is 17.1. The average molecular weight is 594 g/mol. The molecule has 0 unspecified atom stereocenters. The molecule has 0 spiro atoms.